The van der Waals surface area contributed by atoms with Crippen molar-refractivity contribution in [3.8, 4) is 0 Å². The summed E-state index contributed by atoms with van der Waals surface area (Å²) in [5, 5.41) is 0. The highest BCUT2D eigenvalue weighted by Gasteiger charge is 2.30. The smallest absolute Gasteiger partial charge is 0.385 e. The van der Waals surface area contributed by atoms with Crippen LogP contribution in [0.1, 0.15) is 12.0 Å². The molecule has 3 nitrogen and oxygen atoms in total. The first-order valence-electron chi connectivity index (χ1n) is 5.53. The van der Waals surface area contributed by atoms with Crippen LogP contribution in [0.25, 0.3) is 11.0 Å². The summed E-state index contributed by atoms with van der Waals surface area (Å²) in [6, 6.07) is 3.61. The Balaban J connectivity index is 2.26. The topological polar surface area (TPSA) is 27.1 Å². The molecule has 0 radical (unpaired) electrons. The molecule has 0 saturated heterocycles. The Hall–Kier alpha value is -1.56. The van der Waals surface area contributed by atoms with Gasteiger partial charge in [-0.25, -0.2) is 4.98 Å². The summed E-state index contributed by atoms with van der Waals surface area (Å²) in [5.74, 6) is 0. The van der Waals surface area contributed by atoms with Crippen molar-refractivity contribution in [2.45, 2.75) is 19.1 Å². The summed E-state index contributed by atoms with van der Waals surface area (Å²) in [6.07, 6.45) is -1.97. The van der Waals surface area contributed by atoms with Crippen molar-refractivity contribution in [1.29, 1.82) is 0 Å². The maximum Gasteiger partial charge on any atom is 0.416 e. The lowest BCUT2D eigenvalue weighted by Crippen LogP contribution is -2.04. The zero-order valence-electron chi connectivity index (χ0n) is 9.87. The molecule has 0 atom stereocenters. The number of nitrogens with zero attached hydrogens (tertiary/aromatic N) is 2. The van der Waals surface area contributed by atoms with Crippen molar-refractivity contribution < 1.29 is 17.9 Å². The number of aryl methyl sites for hydroxylation is 1. The van der Waals surface area contributed by atoms with Crippen molar-refractivity contribution in [3.63, 3.8) is 0 Å². The van der Waals surface area contributed by atoms with E-state index in [0.29, 0.717) is 24.2 Å². The van der Waals surface area contributed by atoms with Gasteiger partial charge in [-0.15, -0.1) is 0 Å². The van der Waals surface area contributed by atoms with E-state index in [4.69, 9.17) is 4.74 Å². The van der Waals surface area contributed by atoms with Crippen LogP contribution >= 0.6 is 0 Å². The fourth-order valence-corrected chi connectivity index (χ4v) is 1.80. The van der Waals surface area contributed by atoms with E-state index < -0.39 is 11.7 Å². The number of imidazole rings is 1. The number of aromatic nitrogens is 2. The van der Waals surface area contributed by atoms with Crippen LogP contribution in [0.15, 0.2) is 24.5 Å². The van der Waals surface area contributed by atoms with E-state index in [1.54, 1.807) is 13.4 Å². The van der Waals surface area contributed by atoms with Gasteiger partial charge in [-0.2, -0.15) is 13.2 Å². The van der Waals surface area contributed by atoms with Crippen molar-refractivity contribution in [2.24, 2.45) is 0 Å². The molecule has 0 aliphatic carbocycles. The number of benzene rings is 1. The third-order valence-corrected chi connectivity index (χ3v) is 2.70. The second-order valence-corrected chi connectivity index (χ2v) is 3.99. The minimum absolute atomic E-state index is 0.363. The molecule has 0 unspecified atom stereocenters. The number of rotatable bonds is 4. The highest BCUT2D eigenvalue weighted by atomic mass is 19.4. The minimum atomic E-state index is -4.33. The molecule has 18 heavy (non-hydrogen) atoms. The standard InChI is InChI=1S/C12H13F3N2O/c1-18-6-2-5-17-8-16-10-7-9(12(13,14)15)3-4-11(10)17/h3-4,7-8H,2,5-6H2,1H3. The lowest BCUT2D eigenvalue weighted by Gasteiger charge is -2.07. The van der Waals surface area contributed by atoms with Gasteiger partial charge >= 0.3 is 6.18 Å². The molecule has 0 fully saturated rings. The second-order valence-electron chi connectivity index (χ2n) is 3.99. The number of hydrogen-bond donors (Lipinski definition) is 0. The van der Waals surface area contributed by atoms with Gasteiger partial charge in [0, 0.05) is 20.3 Å². The highest BCUT2D eigenvalue weighted by molar-refractivity contribution is 5.76. The molecular weight excluding hydrogens is 245 g/mol. The minimum Gasteiger partial charge on any atom is -0.385 e. The van der Waals surface area contributed by atoms with Crippen molar-refractivity contribution in [1.82, 2.24) is 9.55 Å². The maximum atomic E-state index is 12.5. The van der Waals surface area contributed by atoms with Crippen molar-refractivity contribution >= 4 is 11.0 Å². The molecule has 0 spiro atoms. The molecule has 0 bridgehead atoms. The van der Waals surface area contributed by atoms with Crippen LogP contribution in [0.2, 0.25) is 0 Å². The molecule has 98 valence electrons. The first kappa shape index (κ1) is 12.9. The second kappa shape index (κ2) is 4.97. The molecule has 1 aromatic carbocycles. The summed E-state index contributed by atoms with van der Waals surface area (Å²) in [7, 11) is 1.61. The van der Waals surface area contributed by atoms with Gasteiger partial charge < -0.3 is 9.30 Å². The van der Waals surface area contributed by atoms with Crippen LogP contribution in [0, 0.1) is 0 Å². The molecule has 0 aliphatic heterocycles. The maximum absolute atomic E-state index is 12.5. The van der Waals surface area contributed by atoms with Crippen LogP contribution in [0.4, 0.5) is 13.2 Å². The van der Waals surface area contributed by atoms with Gasteiger partial charge in [0.05, 0.1) is 22.9 Å². The van der Waals surface area contributed by atoms with Crippen LogP contribution in [-0.2, 0) is 17.5 Å². The van der Waals surface area contributed by atoms with Gasteiger partial charge in [-0.3, -0.25) is 0 Å². The van der Waals surface area contributed by atoms with Gasteiger partial charge in [-0.05, 0) is 24.6 Å². The van der Waals surface area contributed by atoms with E-state index in [9.17, 15) is 13.2 Å². The van der Waals surface area contributed by atoms with Gasteiger partial charge in [0.25, 0.3) is 0 Å². The lowest BCUT2D eigenvalue weighted by molar-refractivity contribution is -0.137. The quantitative estimate of drug-likeness (QED) is 0.788. The number of alkyl halides is 3. The average Bonchev–Trinajstić information content (AvgIpc) is 2.71. The summed E-state index contributed by atoms with van der Waals surface area (Å²) in [4.78, 5) is 3.99. The summed E-state index contributed by atoms with van der Waals surface area (Å²) < 4.78 is 44.3. The molecule has 0 aliphatic rings. The van der Waals surface area contributed by atoms with E-state index in [2.05, 4.69) is 4.98 Å². The molecule has 2 rings (SSSR count). The first-order valence-corrected chi connectivity index (χ1v) is 5.53. The first-order chi connectivity index (χ1) is 8.52. The zero-order valence-corrected chi connectivity index (χ0v) is 9.87. The predicted octanol–water partition coefficient (Wildman–Crippen LogP) is 3.09. The number of ether oxygens (including phenoxy) is 1. The van der Waals surface area contributed by atoms with E-state index >= 15 is 0 Å². The van der Waals surface area contributed by atoms with Gasteiger partial charge in [-0.1, -0.05) is 0 Å². The van der Waals surface area contributed by atoms with Crippen LogP contribution in [-0.4, -0.2) is 23.3 Å². The Morgan fingerprint density at radius 2 is 2.11 bits per heavy atom. The lowest BCUT2D eigenvalue weighted by atomic mass is 10.2. The molecule has 6 heteroatoms. The number of fused-ring (bicyclic) bond motifs is 1. The monoisotopic (exact) mass is 258 g/mol. The van der Waals surface area contributed by atoms with Crippen LogP contribution in [0.3, 0.4) is 0 Å². The van der Waals surface area contributed by atoms with Gasteiger partial charge in [0.2, 0.25) is 0 Å². The fourth-order valence-electron chi connectivity index (χ4n) is 1.80. The van der Waals surface area contributed by atoms with Crippen LogP contribution < -0.4 is 0 Å². The van der Waals surface area contributed by atoms with E-state index in [1.807, 2.05) is 4.57 Å². The van der Waals surface area contributed by atoms with Crippen LogP contribution in [0.5, 0.6) is 0 Å². The highest BCUT2D eigenvalue weighted by Crippen LogP contribution is 2.31. The fraction of sp³-hybridized carbons (Fsp3) is 0.417. The molecular formula is C12H13F3N2O. The normalized spacial score (nSPS) is 12.2. The molecule has 0 saturated carbocycles. The molecule has 2 aromatic rings. The molecule has 0 amide bonds. The van der Waals surface area contributed by atoms with Gasteiger partial charge in [0.1, 0.15) is 0 Å². The molecule has 0 N–H and O–H groups in total. The predicted molar refractivity (Wildman–Crippen MR) is 61.2 cm³/mol. The molecule has 1 heterocycles. The number of hydrogen-bond acceptors (Lipinski definition) is 2. The van der Waals surface area contributed by atoms with Crippen molar-refractivity contribution in [2.75, 3.05) is 13.7 Å². The van der Waals surface area contributed by atoms with E-state index in [0.717, 1.165) is 18.6 Å². The average molecular weight is 258 g/mol. The Kier molecular flexibility index (Phi) is 3.56. The van der Waals surface area contributed by atoms with E-state index in [-0.39, 0.29) is 0 Å². The third-order valence-electron chi connectivity index (χ3n) is 2.70. The summed E-state index contributed by atoms with van der Waals surface area (Å²) in [5.41, 5.74) is 0.401. The SMILES string of the molecule is COCCCn1cnc2cc(C(F)(F)F)ccc21. The third kappa shape index (κ3) is 2.64. The largest absolute Gasteiger partial charge is 0.416 e. The van der Waals surface area contributed by atoms with E-state index in [1.165, 1.54) is 6.07 Å². The van der Waals surface area contributed by atoms with Crippen molar-refractivity contribution in [3.05, 3.63) is 30.1 Å². The number of halogens is 3. The number of methoxy groups -OCH3 is 1. The summed E-state index contributed by atoms with van der Waals surface area (Å²) >= 11 is 0. The summed E-state index contributed by atoms with van der Waals surface area (Å²) in [6.45, 7) is 1.29. The Morgan fingerprint density at radius 1 is 1.33 bits per heavy atom. The van der Waals surface area contributed by atoms with Gasteiger partial charge in [0.15, 0.2) is 0 Å². The Morgan fingerprint density at radius 3 is 2.78 bits per heavy atom. The Labute approximate surface area is 102 Å². The zero-order chi connectivity index (χ0) is 13.2. The Bertz CT molecular complexity index is 534. The molecule has 1 aromatic heterocycles.